The van der Waals surface area contributed by atoms with E-state index >= 15 is 0 Å². The number of esters is 1. The molecule has 1 unspecified atom stereocenters. The standard InChI is InChI=1S/C23H25NO4/c1-16(23(25)26-3)15-18-9-11-20(12-10-18)27-14-13-21-17(2)28-22(24-21)19-7-5-4-6-8-19/h4-12,16H,13-15H2,1-3H3. The van der Waals surface area contributed by atoms with Crippen molar-refractivity contribution in [3.63, 3.8) is 0 Å². The lowest BCUT2D eigenvalue weighted by molar-refractivity contribution is -0.144. The average molecular weight is 379 g/mol. The number of oxazole rings is 1. The first kappa shape index (κ1) is 19.7. The van der Waals surface area contributed by atoms with Crippen LogP contribution in [0.25, 0.3) is 11.5 Å². The van der Waals surface area contributed by atoms with Gasteiger partial charge in [-0.15, -0.1) is 0 Å². The van der Waals surface area contributed by atoms with Gasteiger partial charge in [-0.3, -0.25) is 4.79 Å². The van der Waals surface area contributed by atoms with Crippen molar-refractivity contribution in [2.24, 2.45) is 5.92 Å². The first-order chi connectivity index (χ1) is 13.6. The molecule has 5 nitrogen and oxygen atoms in total. The van der Waals surface area contributed by atoms with Crippen LogP contribution in [0.4, 0.5) is 0 Å². The van der Waals surface area contributed by atoms with E-state index < -0.39 is 0 Å². The summed E-state index contributed by atoms with van der Waals surface area (Å²) in [6.45, 7) is 4.30. The summed E-state index contributed by atoms with van der Waals surface area (Å²) in [6, 6.07) is 17.7. The molecule has 0 N–H and O–H groups in total. The zero-order valence-corrected chi connectivity index (χ0v) is 16.5. The summed E-state index contributed by atoms with van der Waals surface area (Å²) in [5.74, 6) is 1.88. The van der Waals surface area contributed by atoms with Gasteiger partial charge in [0.2, 0.25) is 5.89 Å². The van der Waals surface area contributed by atoms with Gasteiger partial charge in [0.15, 0.2) is 0 Å². The molecule has 0 aliphatic heterocycles. The molecule has 28 heavy (non-hydrogen) atoms. The minimum absolute atomic E-state index is 0.161. The molecule has 3 rings (SSSR count). The number of hydrogen-bond donors (Lipinski definition) is 0. The summed E-state index contributed by atoms with van der Waals surface area (Å²) in [5.41, 5.74) is 2.95. The van der Waals surface area contributed by atoms with E-state index in [0.717, 1.165) is 28.3 Å². The minimum atomic E-state index is -0.196. The van der Waals surface area contributed by atoms with E-state index in [1.165, 1.54) is 7.11 Å². The van der Waals surface area contributed by atoms with Gasteiger partial charge in [-0.2, -0.15) is 0 Å². The zero-order valence-electron chi connectivity index (χ0n) is 16.5. The summed E-state index contributed by atoms with van der Waals surface area (Å²) in [6.07, 6.45) is 1.32. The van der Waals surface area contributed by atoms with Gasteiger partial charge in [-0.25, -0.2) is 4.98 Å². The fourth-order valence-electron chi connectivity index (χ4n) is 2.99. The Morgan fingerprint density at radius 2 is 1.82 bits per heavy atom. The molecule has 2 aromatic carbocycles. The van der Waals surface area contributed by atoms with E-state index in [4.69, 9.17) is 13.9 Å². The molecule has 1 atom stereocenters. The summed E-state index contributed by atoms with van der Waals surface area (Å²) in [5, 5.41) is 0. The third-order valence-corrected chi connectivity index (χ3v) is 4.59. The molecule has 0 bridgehead atoms. The Morgan fingerprint density at radius 3 is 2.50 bits per heavy atom. The zero-order chi connectivity index (χ0) is 19.9. The maximum Gasteiger partial charge on any atom is 0.308 e. The molecule has 0 amide bonds. The number of rotatable bonds is 8. The van der Waals surface area contributed by atoms with Crippen LogP contribution in [0.2, 0.25) is 0 Å². The van der Waals surface area contributed by atoms with E-state index in [2.05, 4.69) is 4.98 Å². The van der Waals surface area contributed by atoms with Crippen LogP contribution in [0.3, 0.4) is 0 Å². The third kappa shape index (κ3) is 5.00. The maximum atomic E-state index is 11.5. The van der Waals surface area contributed by atoms with Gasteiger partial charge in [0, 0.05) is 12.0 Å². The van der Waals surface area contributed by atoms with Crippen molar-refractivity contribution in [1.82, 2.24) is 4.98 Å². The van der Waals surface area contributed by atoms with E-state index in [0.29, 0.717) is 25.3 Å². The highest BCUT2D eigenvalue weighted by molar-refractivity contribution is 5.72. The van der Waals surface area contributed by atoms with Crippen molar-refractivity contribution in [3.8, 4) is 17.2 Å². The van der Waals surface area contributed by atoms with Crippen molar-refractivity contribution >= 4 is 5.97 Å². The van der Waals surface area contributed by atoms with Crippen molar-refractivity contribution < 1.29 is 18.7 Å². The van der Waals surface area contributed by atoms with Crippen molar-refractivity contribution in [1.29, 1.82) is 0 Å². The molecule has 1 aromatic heterocycles. The number of ether oxygens (including phenoxy) is 2. The molecular formula is C23H25NO4. The first-order valence-corrected chi connectivity index (χ1v) is 9.38. The highest BCUT2D eigenvalue weighted by Crippen LogP contribution is 2.22. The fraction of sp³-hybridized carbons (Fsp3) is 0.304. The normalized spacial score (nSPS) is 11.8. The number of methoxy groups -OCH3 is 1. The average Bonchev–Trinajstić information content (AvgIpc) is 3.10. The van der Waals surface area contributed by atoms with Crippen molar-refractivity contribution in [2.75, 3.05) is 13.7 Å². The lowest BCUT2D eigenvalue weighted by atomic mass is 10.0. The largest absolute Gasteiger partial charge is 0.493 e. The first-order valence-electron chi connectivity index (χ1n) is 9.38. The molecule has 146 valence electrons. The number of benzene rings is 2. The quantitative estimate of drug-likeness (QED) is 0.534. The third-order valence-electron chi connectivity index (χ3n) is 4.59. The maximum absolute atomic E-state index is 11.5. The smallest absolute Gasteiger partial charge is 0.308 e. The molecule has 5 heteroatoms. The summed E-state index contributed by atoms with van der Waals surface area (Å²) in [4.78, 5) is 16.1. The van der Waals surface area contributed by atoms with Gasteiger partial charge < -0.3 is 13.9 Å². The lowest BCUT2D eigenvalue weighted by Crippen LogP contribution is -2.15. The summed E-state index contributed by atoms with van der Waals surface area (Å²) in [7, 11) is 1.41. The van der Waals surface area contributed by atoms with Gasteiger partial charge in [-0.1, -0.05) is 37.3 Å². The second-order valence-electron chi connectivity index (χ2n) is 6.76. The van der Waals surface area contributed by atoms with Gasteiger partial charge in [0.25, 0.3) is 0 Å². The van der Waals surface area contributed by atoms with Gasteiger partial charge in [0.05, 0.1) is 25.3 Å². The van der Waals surface area contributed by atoms with Crippen LogP contribution in [0.15, 0.2) is 59.0 Å². The Morgan fingerprint density at radius 1 is 1.11 bits per heavy atom. The second kappa shape index (κ2) is 9.22. The molecule has 0 radical (unpaired) electrons. The molecule has 0 fully saturated rings. The van der Waals surface area contributed by atoms with E-state index in [-0.39, 0.29) is 11.9 Å². The summed E-state index contributed by atoms with van der Waals surface area (Å²) >= 11 is 0. The summed E-state index contributed by atoms with van der Waals surface area (Å²) < 4.78 is 16.4. The molecule has 0 aliphatic carbocycles. The number of aromatic nitrogens is 1. The van der Waals surface area contributed by atoms with Crippen LogP contribution in [0.5, 0.6) is 5.75 Å². The SMILES string of the molecule is COC(=O)C(C)Cc1ccc(OCCc2nc(-c3ccccc3)oc2C)cc1. The molecule has 0 spiro atoms. The molecular weight excluding hydrogens is 354 g/mol. The Labute approximate surface area is 165 Å². The molecule has 0 saturated carbocycles. The van der Waals surface area contributed by atoms with Crippen molar-refractivity contribution in [2.45, 2.75) is 26.7 Å². The second-order valence-corrected chi connectivity index (χ2v) is 6.76. The van der Waals surface area contributed by atoms with E-state index in [1.807, 2.05) is 68.4 Å². The van der Waals surface area contributed by atoms with E-state index in [1.54, 1.807) is 0 Å². The predicted octanol–water partition coefficient (Wildman–Crippen LogP) is 4.62. The van der Waals surface area contributed by atoms with Gasteiger partial charge in [-0.05, 0) is 43.2 Å². The number of hydrogen-bond acceptors (Lipinski definition) is 5. The Bertz CT molecular complexity index is 900. The van der Waals surface area contributed by atoms with Crippen LogP contribution in [-0.4, -0.2) is 24.7 Å². The molecule has 1 heterocycles. The van der Waals surface area contributed by atoms with Gasteiger partial charge in [0.1, 0.15) is 11.5 Å². The van der Waals surface area contributed by atoms with Crippen LogP contribution < -0.4 is 4.74 Å². The Balaban J connectivity index is 1.53. The fourth-order valence-corrected chi connectivity index (χ4v) is 2.99. The Kier molecular flexibility index (Phi) is 6.48. The predicted molar refractivity (Wildman–Crippen MR) is 107 cm³/mol. The number of carbonyl (C=O) groups is 1. The number of aryl methyl sites for hydroxylation is 1. The molecule has 0 saturated heterocycles. The number of nitrogens with zero attached hydrogens (tertiary/aromatic N) is 1. The van der Waals surface area contributed by atoms with Gasteiger partial charge >= 0.3 is 5.97 Å². The van der Waals surface area contributed by atoms with Crippen LogP contribution >= 0.6 is 0 Å². The molecule has 3 aromatic rings. The van der Waals surface area contributed by atoms with Crippen LogP contribution in [-0.2, 0) is 22.4 Å². The monoisotopic (exact) mass is 379 g/mol. The minimum Gasteiger partial charge on any atom is -0.493 e. The Hall–Kier alpha value is -3.08. The van der Waals surface area contributed by atoms with Crippen LogP contribution in [0, 0.1) is 12.8 Å². The molecule has 0 aliphatic rings. The number of carbonyl (C=O) groups excluding carboxylic acids is 1. The van der Waals surface area contributed by atoms with E-state index in [9.17, 15) is 4.79 Å². The highest BCUT2D eigenvalue weighted by atomic mass is 16.5. The van der Waals surface area contributed by atoms with Crippen molar-refractivity contribution in [3.05, 3.63) is 71.6 Å². The topological polar surface area (TPSA) is 61.6 Å². The van der Waals surface area contributed by atoms with Crippen LogP contribution in [0.1, 0.15) is 23.9 Å². The highest BCUT2D eigenvalue weighted by Gasteiger charge is 2.14. The lowest BCUT2D eigenvalue weighted by Gasteiger charge is -2.10.